The molecule has 0 amide bonds. The van der Waals surface area contributed by atoms with Gasteiger partial charge >= 0.3 is 0 Å². The van der Waals surface area contributed by atoms with E-state index in [1.165, 1.54) is 0 Å². The lowest BCUT2D eigenvalue weighted by molar-refractivity contribution is -0.150. The van der Waals surface area contributed by atoms with Crippen molar-refractivity contribution in [2.75, 3.05) is 13.1 Å². The van der Waals surface area contributed by atoms with E-state index in [4.69, 9.17) is 8.85 Å². The Hall–Kier alpha value is 0.314. The van der Waals surface area contributed by atoms with Crippen molar-refractivity contribution < 1.29 is 8.85 Å². The fourth-order valence-corrected chi connectivity index (χ4v) is 5.32. The zero-order chi connectivity index (χ0) is 17.4. The van der Waals surface area contributed by atoms with Crippen LogP contribution in [-0.4, -0.2) is 35.5 Å². The normalized spacial score (nSPS) is 21.0. The minimum absolute atomic E-state index is 0.210. The second-order valence-corrected chi connectivity index (χ2v) is 19.3. The molecule has 0 aromatic carbocycles. The van der Waals surface area contributed by atoms with Crippen molar-refractivity contribution in [3.8, 4) is 0 Å². The van der Waals surface area contributed by atoms with Crippen LogP contribution >= 0.6 is 0 Å². The van der Waals surface area contributed by atoms with E-state index < -0.39 is 16.6 Å². The predicted octanol–water partition coefficient (Wildman–Crippen LogP) is 5.11. The fourth-order valence-electron chi connectivity index (χ4n) is 2.27. The first kappa shape index (κ1) is 20.4. The highest BCUT2D eigenvalue weighted by Gasteiger charge is 2.50. The summed E-state index contributed by atoms with van der Waals surface area (Å²) >= 11 is 0. The molecule has 1 aliphatic heterocycles. The van der Waals surface area contributed by atoms with Crippen molar-refractivity contribution >= 4 is 16.6 Å². The van der Waals surface area contributed by atoms with Crippen LogP contribution in [0.15, 0.2) is 0 Å². The number of nitrogens with one attached hydrogen (secondary N) is 1. The summed E-state index contributed by atoms with van der Waals surface area (Å²) in [6.07, 6.45) is 1.93. The average Bonchev–Trinajstić information content (AvgIpc) is 2.24. The largest absolute Gasteiger partial charge is 0.391 e. The number of hydrogen-bond donors (Lipinski definition) is 1. The molecule has 1 rings (SSSR count). The van der Waals surface area contributed by atoms with Crippen molar-refractivity contribution in [1.82, 2.24) is 5.32 Å². The van der Waals surface area contributed by atoms with Gasteiger partial charge in [0.2, 0.25) is 0 Å². The second kappa shape index (κ2) is 6.32. The molecular formula is C17H39NO2Si2. The molecule has 0 aromatic rings. The summed E-state index contributed by atoms with van der Waals surface area (Å²) in [5.41, 5.74) is 0. The zero-order valence-electron chi connectivity index (χ0n) is 16.6. The Bertz CT molecular complexity index is 345. The first-order valence-electron chi connectivity index (χ1n) is 8.73. The highest BCUT2D eigenvalue weighted by atomic mass is 28.4. The van der Waals surface area contributed by atoms with Crippen LogP contribution in [0.3, 0.4) is 0 Å². The van der Waals surface area contributed by atoms with Crippen LogP contribution < -0.4 is 5.32 Å². The predicted molar refractivity (Wildman–Crippen MR) is 101 cm³/mol. The summed E-state index contributed by atoms with van der Waals surface area (Å²) in [5, 5.41) is 3.88. The van der Waals surface area contributed by atoms with Gasteiger partial charge in [0.1, 0.15) is 0 Å². The third kappa shape index (κ3) is 4.66. The van der Waals surface area contributed by atoms with Gasteiger partial charge in [0.05, 0.1) is 0 Å². The highest BCUT2D eigenvalue weighted by molar-refractivity contribution is 6.75. The van der Waals surface area contributed by atoms with Gasteiger partial charge in [0.25, 0.3) is 0 Å². The van der Waals surface area contributed by atoms with E-state index in [1.807, 2.05) is 0 Å². The first-order chi connectivity index (χ1) is 9.62. The van der Waals surface area contributed by atoms with Gasteiger partial charge in [-0.05, 0) is 36.3 Å². The maximum Gasteiger partial charge on any atom is 0.195 e. The Morgan fingerprint density at radius 3 is 1.32 bits per heavy atom. The molecule has 1 saturated heterocycles. The van der Waals surface area contributed by atoms with Crippen LogP contribution in [0.4, 0.5) is 0 Å². The first-order valence-corrected chi connectivity index (χ1v) is 14.5. The van der Waals surface area contributed by atoms with Crippen LogP contribution in [0.2, 0.25) is 36.3 Å². The van der Waals surface area contributed by atoms with Gasteiger partial charge in [-0.25, -0.2) is 0 Å². The van der Waals surface area contributed by atoms with Crippen LogP contribution in [0.25, 0.3) is 0 Å². The molecule has 1 fully saturated rings. The Morgan fingerprint density at radius 2 is 1.05 bits per heavy atom. The quantitative estimate of drug-likeness (QED) is 0.567. The zero-order valence-corrected chi connectivity index (χ0v) is 18.6. The Balaban J connectivity index is 3.07. The van der Waals surface area contributed by atoms with E-state index in [2.05, 4.69) is 73.0 Å². The lowest BCUT2D eigenvalue weighted by atomic mass is 10.1. The minimum Gasteiger partial charge on any atom is -0.391 e. The molecule has 1 N–H and O–H groups in total. The molecule has 0 atom stereocenters. The molecule has 1 heterocycles. The van der Waals surface area contributed by atoms with E-state index >= 15 is 0 Å². The lowest BCUT2D eigenvalue weighted by Crippen LogP contribution is -2.59. The molecule has 0 aliphatic carbocycles. The maximum atomic E-state index is 6.87. The number of rotatable bonds is 4. The number of hydrogen-bond acceptors (Lipinski definition) is 3. The highest BCUT2D eigenvalue weighted by Crippen LogP contribution is 2.45. The average molecular weight is 346 g/mol. The summed E-state index contributed by atoms with van der Waals surface area (Å²) in [6.45, 7) is 25.2. The van der Waals surface area contributed by atoms with E-state index in [0.29, 0.717) is 0 Å². The molecule has 0 spiro atoms. The maximum absolute atomic E-state index is 6.87. The van der Waals surface area contributed by atoms with Gasteiger partial charge in [-0.3, -0.25) is 0 Å². The summed E-state index contributed by atoms with van der Waals surface area (Å²) in [5.74, 6) is -0.378. The van der Waals surface area contributed by atoms with Crippen molar-refractivity contribution in [3.63, 3.8) is 0 Å². The molecule has 1 aliphatic rings. The Labute approximate surface area is 140 Å². The van der Waals surface area contributed by atoms with Crippen molar-refractivity contribution in [2.24, 2.45) is 0 Å². The van der Waals surface area contributed by atoms with Crippen LogP contribution in [-0.2, 0) is 8.85 Å². The summed E-state index contributed by atoms with van der Waals surface area (Å²) in [7, 11) is -3.71. The van der Waals surface area contributed by atoms with Crippen molar-refractivity contribution in [2.45, 2.75) is 96.4 Å². The van der Waals surface area contributed by atoms with Crippen molar-refractivity contribution in [3.05, 3.63) is 0 Å². The standard InChI is InChI=1S/C17H39NO2Si2/c1-15(2,3)21(7,8)19-17(11-13-18-14-12-17)20-22(9,10)16(4,5)6/h18H,11-14H2,1-10H3. The minimum atomic E-state index is -1.85. The lowest BCUT2D eigenvalue weighted by Gasteiger charge is -2.52. The molecule has 5 heteroatoms. The molecule has 3 nitrogen and oxygen atoms in total. The van der Waals surface area contributed by atoms with Gasteiger partial charge in [0.15, 0.2) is 22.4 Å². The van der Waals surface area contributed by atoms with Gasteiger partial charge in [-0.15, -0.1) is 0 Å². The molecule has 132 valence electrons. The smallest absolute Gasteiger partial charge is 0.195 e. The van der Waals surface area contributed by atoms with Crippen LogP contribution in [0.5, 0.6) is 0 Å². The molecule has 0 unspecified atom stereocenters. The summed E-state index contributed by atoms with van der Waals surface area (Å²) < 4.78 is 13.7. The summed E-state index contributed by atoms with van der Waals surface area (Å²) in [6, 6.07) is 0. The monoisotopic (exact) mass is 345 g/mol. The molecule has 0 radical (unpaired) electrons. The van der Waals surface area contributed by atoms with E-state index in [1.54, 1.807) is 0 Å². The number of piperidine rings is 1. The van der Waals surface area contributed by atoms with E-state index in [9.17, 15) is 0 Å². The molecule has 0 bridgehead atoms. The van der Waals surface area contributed by atoms with E-state index in [0.717, 1.165) is 25.9 Å². The van der Waals surface area contributed by atoms with Crippen LogP contribution in [0.1, 0.15) is 54.4 Å². The second-order valence-electron chi connectivity index (χ2n) is 9.89. The van der Waals surface area contributed by atoms with Crippen molar-refractivity contribution in [1.29, 1.82) is 0 Å². The van der Waals surface area contributed by atoms with Gasteiger partial charge in [0, 0.05) is 25.9 Å². The molecule has 22 heavy (non-hydrogen) atoms. The third-order valence-corrected chi connectivity index (χ3v) is 14.8. The third-order valence-electron chi connectivity index (χ3n) is 5.86. The summed E-state index contributed by atoms with van der Waals surface area (Å²) in [4.78, 5) is 0. The van der Waals surface area contributed by atoms with E-state index in [-0.39, 0.29) is 15.9 Å². The van der Waals surface area contributed by atoms with Crippen LogP contribution in [0, 0.1) is 0 Å². The SMILES string of the molecule is CC(C)(C)[Si](C)(C)OC1(O[Si](C)(C)C(C)(C)C)CCNCC1. The Kier molecular flexibility index (Phi) is 5.85. The van der Waals surface area contributed by atoms with Gasteiger partial charge in [-0.1, -0.05) is 41.5 Å². The molecule has 0 saturated carbocycles. The molecular weight excluding hydrogens is 306 g/mol. The van der Waals surface area contributed by atoms with Gasteiger partial charge in [-0.2, -0.15) is 0 Å². The Morgan fingerprint density at radius 1 is 0.727 bits per heavy atom. The fraction of sp³-hybridized carbons (Fsp3) is 1.00. The topological polar surface area (TPSA) is 30.5 Å². The van der Waals surface area contributed by atoms with Gasteiger partial charge < -0.3 is 14.2 Å². The molecule has 0 aromatic heterocycles.